The molecule has 0 aliphatic heterocycles. The second-order valence-corrected chi connectivity index (χ2v) is 16.0. The van der Waals surface area contributed by atoms with Crippen LogP contribution in [0.25, 0.3) is 113 Å². The van der Waals surface area contributed by atoms with Crippen molar-refractivity contribution in [3.05, 3.63) is 170 Å². The van der Waals surface area contributed by atoms with Crippen molar-refractivity contribution in [3.8, 4) is 38.5 Å². The zero-order valence-electron chi connectivity index (χ0n) is 28.8. The molecule has 0 spiro atoms. The molecule has 252 valence electrons. The van der Waals surface area contributed by atoms with Gasteiger partial charge in [-0.3, -0.25) is 0 Å². The van der Waals surface area contributed by atoms with Gasteiger partial charge in [0, 0.05) is 58.5 Å². The van der Waals surface area contributed by atoms with Gasteiger partial charge in [0.2, 0.25) is 0 Å². The van der Waals surface area contributed by atoms with E-state index >= 15 is 0 Å². The molecule has 12 rings (SSSR count). The first kappa shape index (κ1) is 30.0. The molecular formula is C49H28N2OS2. The predicted octanol–water partition coefficient (Wildman–Crippen LogP) is 14.7. The minimum atomic E-state index is 0.908. The summed E-state index contributed by atoms with van der Waals surface area (Å²) in [6.07, 6.45) is 0. The number of benzene rings is 8. The standard InChI is InChI=1S/C49H28N2OS2/c1-4-19-44-35(12-1)37-16-8-14-33(47(37)52-44)29-22-24-42-39(27-29)40-28-30(34-15-9-17-38-36-13-2-5-20-45(36)53-48(34)38)23-25-43(40)51(42)32-11-7-10-31(26-32)49-50-41-18-3-6-21-46(41)54-49/h1-28H. The zero-order chi connectivity index (χ0) is 35.3. The Kier molecular flexibility index (Phi) is 6.38. The Labute approximate surface area is 317 Å². The number of hydrogen-bond donors (Lipinski definition) is 0. The lowest BCUT2D eigenvalue weighted by Crippen LogP contribution is -1.94. The van der Waals surface area contributed by atoms with Crippen molar-refractivity contribution in [3.63, 3.8) is 0 Å². The third-order valence-electron chi connectivity index (χ3n) is 10.8. The monoisotopic (exact) mass is 724 g/mol. The van der Waals surface area contributed by atoms with E-state index in [-0.39, 0.29) is 0 Å². The Morgan fingerprint density at radius 3 is 1.94 bits per heavy atom. The van der Waals surface area contributed by atoms with Gasteiger partial charge in [0.25, 0.3) is 0 Å². The number of furan rings is 1. The van der Waals surface area contributed by atoms with Crippen molar-refractivity contribution in [2.45, 2.75) is 0 Å². The molecule has 0 amide bonds. The first-order chi connectivity index (χ1) is 26.7. The van der Waals surface area contributed by atoms with E-state index in [1.165, 1.54) is 46.8 Å². The maximum Gasteiger partial charge on any atom is 0.143 e. The molecule has 0 saturated heterocycles. The van der Waals surface area contributed by atoms with Crippen LogP contribution in [0.4, 0.5) is 0 Å². The van der Waals surface area contributed by atoms with Gasteiger partial charge in [0.15, 0.2) is 0 Å². The number of thiazole rings is 1. The summed E-state index contributed by atoms with van der Waals surface area (Å²) in [5.74, 6) is 0. The van der Waals surface area contributed by atoms with Gasteiger partial charge >= 0.3 is 0 Å². The highest BCUT2D eigenvalue weighted by molar-refractivity contribution is 7.26. The smallest absolute Gasteiger partial charge is 0.143 e. The van der Waals surface area contributed by atoms with E-state index in [2.05, 4.69) is 168 Å². The fraction of sp³-hybridized carbons (Fsp3) is 0. The second-order valence-electron chi connectivity index (χ2n) is 13.9. The molecule has 0 saturated carbocycles. The summed E-state index contributed by atoms with van der Waals surface area (Å²) in [5, 5.41) is 8.34. The maximum atomic E-state index is 6.52. The van der Waals surface area contributed by atoms with Crippen molar-refractivity contribution in [1.82, 2.24) is 9.55 Å². The van der Waals surface area contributed by atoms with Crippen molar-refractivity contribution < 1.29 is 4.42 Å². The van der Waals surface area contributed by atoms with Crippen LogP contribution in [0, 0.1) is 0 Å². The lowest BCUT2D eigenvalue weighted by Gasteiger charge is -2.10. The fourth-order valence-corrected chi connectivity index (χ4v) is 10.6. The molecule has 4 heterocycles. The fourth-order valence-electron chi connectivity index (χ4n) is 8.36. The predicted molar refractivity (Wildman–Crippen MR) is 230 cm³/mol. The minimum absolute atomic E-state index is 0.908. The van der Waals surface area contributed by atoms with E-state index in [1.807, 2.05) is 17.4 Å². The highest BCUT2D eigenvalue weighted by atomic mass is 32.1. The summed E-state index contributed by atoms with van der Waals surface area (Å²) in [5.41, 5.74) is 12.1. The number of nitrogens with zero attached hydrogens (tertiary/aromatic N) is 2. The van der Waals surface area contributed by atoms with Crippen LogP contribution in [0.5, 0.6) is 0 Å². The number of fused-ring (bicyclic) bond motifs is 10. The number of hydrogen-bond acceptors (Lipinski definition) is 4. The number of thiophene rings is 1. The van der Waals surface area contributed by atoms with E-state index in [0.717, 1.165) is 65.9 Å². The van der Waals surface area contributed by atoms with Gasteiger partial charge in [-0.25, -0.2) is 4.98 Å². The van der Waals surface area contributed by atoms with Gasteiger partial charge in [-0.1, -0.05) is 109 Å². The molecule has 0 unspecified atom stereocenters. The van der Waals surface area contributed by atoms with Crippen LogP contribution in [0.1, 0.15) is 0 Å². The van der Waals surface area contributed by atoms with Gasteiger partial charge < -0.3 is 8.98 Å². The molecule has 4 aromatic heterocycles. The molecule has 0 N–H and O–H groups in total. The summed E-state index contributed by atoms with van der Waals surface area (Å²) >= 11 is 3.62. The molecule has 0 fully saturated rings. The van der Waals surface area contributed by atoms with Crippen molar-refractivity contribution in [2.24, 2.45) is 0 Å². The van der Waals surface area contributed by atoms with E-state index in [9.17, 15) is 0 Å². The van der Waals surface area contributed by atoms with Crippen LogP contribution in [-0.2, 0) is 0 Å². The van der Waals surface area contributed by atoms with Crippen LogP contribution in [0.3, 0.4) is 0 Å². The second kappa shape index (κ2) is 11.5. The summed E-state index contributed by atoms with van der Waals surface area (Å²) in [7, 11) is 0. The normalized spacial score (nSPS) is 12.1. The van der Waals surface area contributed by atoms with Crippen LogP contribution in [-0.4, -0.2) is 9.55 Å². The van der Waals surface area contributed by atoms with Crippen LogP contribution in [0.15, 0.2) is 174 Å². The van der Waals surface area contributed by atoms with Crippen LogP contribution in [0.2, 0.25) is 0 Å². The highest BCUT2D eigenvalue weighted by Crippen LogP contribution is 2.44. The first-order valence-electron chi connectivity index (χ1n) is 18.1. The van der Waals surface area contributed by atoms with Crippen molar-refractivity contribution in [2.75, 3.05) is 0 Å². The Morgan fingerprint density at radius 2 is 1.11 bits per heavy atom. The Hall–Kier alpha value is -6.53. The van der Waals surface area contributed by atoms with E-state index in [0.29, 0.717) is 0 Å². The van der Waals surface area contributed by atoms with E-state index in [4.69, 9.17) is 9.40 Å². The Balaban J connectivity index is 1.11. The van der Waals surface area contributed by atoms with E-state index in [1.54, 1.807) is 11.3 Å². The molecule has 12 aromatic rings. The lowest BCUT2D eigenvalue weighted by molar-refractivity contribution is 0.670. The van der Waals surface area contributed by atoms with Crippen LogP contribution >= 0.6 is 22.7 Å². The van der Waals surface area contributed by atoms with Crippen LogP contribution < -0.4 is 0 Å². The van der Waals surface area contributed by atoms with E-state index < -0.39 is 0 Å². The lowest BCUT2D eigenvalue weighted by atomic mass is 9.98. The average molecular weight is 725 g/mol. The molecule has 54 heavy (non-hydrogen) atoms. The number of rotatable bonds is 4. The zero-order valence-corrected chi connectivity index (χ0v) is 30.4. The minimum Gasteiger partial charge on any atom is -0.455 e. The number of para-hydroxylation sites is 3. The molecule has 0 aliphatic carbocycles. The first-order valence-corrected chi connectivity index (χ1v) is 19.7. The molecule has 0 bridgehead atoms. The quantitative estimate of drug-likeness (QED) is 0.181. The van der Waals surface area contributed by atoms with Gasteiger partial charge in [0.1, 0.15) is 16.2 Å². The third kappa shape index (κ3) is 4.43. The molecule has 8 aromatic carbocycles. The SMILES string of the molecule is c1cc(-c2nc3ccccc3s2)cc(-n2c3ccc(-c4cccc5c4oc4ccccc45)cc3c3cc(-c4cccc5c4sc4ccccc45)ccc32)c1. The molecule has 3 nitrogen and oxygen atoms in total. The summed E-state index contributed by atoms with van der Waals surface area (Å²) < 4.78 is 12.8. The molecular weight excluding hydrogens is 697 g/mol. The summed E-state index contributed by atoms with van der Waals surface area (Å²) in [4.78, 5) is 5.00. The maximum absolute atomic E-state index is 6.52. The summed E-state index contributed by atoms with van der Waals surface area (Å²) in [6.45, 7) is 0. The Morgan fingerprint density at radius 1 is 0.444 bits per heavy atom. The summed E-state index contributed by atoms with van der Waals surface area (Å²) in [6, 6.07) is 61.3. The van der Waals surface area contributed by atoms with Gasteiger partial charge in [-0.2, -0.15) is 0 Å². The molecule has 0 atom stereocenters. The topological polar surface area (TPSA) is 31.0 Å². The number of aromatic nitrogens is 2. The van der Waals surface area contributed by atoms with Gasteiger partial charge in [0.05, 0.1) is 21.3 Å². The largest absolute Gasteiger partial charge is 0.455 e. The Bertz CT molecular complexity index is 3260. The average Bonchev–Trinajstić information content (AvgIpc) is 4.01. The highest BCUT2D eigenvalue weighted by Gasteiger charge is 2.19. The third-order valence-corrected chi connectivity index (χ3v) is 13.1. The molecule has 0 radical (unpaired) electrons. The van der Waals surface area contributed by atoms with Crippen molar-refractivity contribution in [1.29, 1.82) is 0 Å². The van der Waals surface area contributed by atoms with Gasteiger partial charge in [-0.15, -0.1) is 22.7 Å². The van der Waals surface area contributed by atoms with Crippen molar-refractivity contribution >= 4 is 96.8 Å². The molecule has 0 aliphatic rings. The molecule has 5 heteroatoms. The van der Waals surface area contributed by atoms with Gasteiger partial charge in [-0.05, 0) is 77.4 Å².